The number of anilines is 4. The predicted molar refractivity (Wildman–Crippen MR) is 121 cm³/mol. The number of aromatic nitrogens is 2. The van der Waals surface area contributed by atoms with Gasteiger partial charge in [0.05, 0.1) is 0 Å². The van der Waals surface area contributed by atoms with Crippen LogP contribution in [0.4, 0.5) is 23.0 Å². The van der Waals surface area contributed by atoms with Gasteiger partial charge in [0, 0.05) is 48.5 Å². The van der Waals surface area contributed by atoms with Crippen LogP contribution in [0.15, 0.2) is 54.9 Å². The minimum Gasteiger partial charge on any atom is -0.393 e. The molecule has 150 valence electrons. The third kappa shape index (κ3) is 4.49. The summed E-state index contributed by atoms with van der Waals surface area (Å²) in [6.07, 6.45) is 1.55. The van der Waals surface area contributed by atoms with Gasteiger partial charge in [-0.05, 0) is 29.8 Å². The molecule has 1 fully saturated rings. The van der Waals surface area contributed by atoms with Gasteiger partial charge < -0.3 is 20.9 Å². The molecule has 8 heteroatoms. The van der Waals surface area contributed by atoms with E-state index in [0.29, 0.717) is 23.1 Å². The largest absolute Gasteiger partial charge is 0.393 e. The van der Waals surface area contributed by atoms with Gasteiger partial charge in [-0.25, -0.2) is 9.97 Å². The van der Waals surface area contributed by atoms with Crippen LogP contribution in [0.1, 0.15) is 5.56 Å². The molecular weight excluding hydrogens is 407 g/mol. The van der Waals surface area contributed by atoms with Crippen molar-refractivity contribution in [2.75, 3.05) is 47.0 Å². The molecule has 1 aliphatic heterocycles. The fraction of sp³-hybridized carbons (Fsp3) is 0.238. The van der Waals surface area contributed by atoms with E-state index in [9.17, 15) is 0 Å². The van der Waals surface area contributed by atoms with Gasteiger partial charge in [-0.1, -0.05) is 47.5 Å². The predicted octanol–water partition coefficient (Wildman–Crippen LogP) is 4.30. The monoisotopic (exact) mass is 428 g/mol. The highest BCUT2D eigenvalue weighted by Gasteiger charge is 2.21. The molecule has 4 rings (SSSR count). The van der Waals surface area contributed by atoms with E-state index in [1.165, 1.54) is 0 Å². The average Bonchev–Trinajstić information content (AvgIpc) is 2.74. The molecule has 29 heavy (non-hydrogen) atoms. The molecule has 0 bridgehead atoms. The van der Waals surface area contributed by atoms with Gasteiger partial charge >= 0.3 is 0 Å². The van der Waals surface area contributed by atoms with E-state index >= 15 is 0 Å². The van der Waals surface area contributed by atoms with Crippen molar-refractivity contribution in [2.45, 2.75) is 6.54 Å². The lowest BCUT2D eigenvalue weighted by Crippen LogP contribution is -2.47. The van der Waals surface area contributed by atoms with Crippen LogP contribution in [0.25, 0.3) is 0 Å². The first kappa shape index (κ1) is 19.6. The summed E-state index contributed by atoms with van der Waals surface area (Å²) in [6, 6.07) is 15.6. The highest BCUT2D eigenvalue weighted by molar-refractivity contribution is 6.31. The molecular formula is C21H22Cl2N6. The SMILES string of the molecule is Nc1c(NCc2ccccc2Cl)ncnc1N1CCN(c2cccc(Cl)c2)CC1. The van der Waals surface area contributed by atoms with Crippen LogP contribution in [0, 0.1) is 0 Å². The fourth-order valence-corrected chi connectivity index (χ4v) is 3.84. The molecule has 0 saturated carbocycles. The Kier molecular flexibility index (Phi) is 5.92. The molecule has 0 amide bonds. The number of rotatable bonds is 5. The lowest BCUT2D eigenvalue weighted by molar-refractivity contribution is 0.647. The molecule has 3 N–H and O–H groups in total. The number of nitrogens with two attached hydrogens (primary N) is 1. The Hall–Kier alpha value is -2.70. The maximum Gasteiger partial charge on any atom is 0.157 e. The molecule has 0 atom stereocenters. The summed E-state index contributed by atoms with van der Waals surface area (Å²) in [5.74, 6) is 1.37. The first-order valence-electron chi connectivity index (χ1n) is 9.45. The van der Waals surface area contributed by atoms with Gasteiger partial charge in [0.1, 0.15) is 12.0 Å². The number of piperazine rings is 1. The minimum absolute atomic E-state index is 0.545. The van der Waals surface area contributed by atoms with Gasteiger partial charge in [0.2, 0.25) is 0 Å². The van der Waals surface area contributed by atoms with Crippen molar-refractivity contribution in [1.29, 1.82) is 0 Å². The van der Waals surface area contributed by atoms with Crippen molar-refractivity contribution < 1.29 is 0 Å². The second-order valence-electron chi connectivity index (χ2n) is 6.86. The Morgan fingerprint density at radius 3 is 2.45 bits per heavy atom. The molecule has 2 aromatic carbocycles. The molecule has 1 aromatic heterocycles. The third-order valence-corrected chi connectivity index (χ3v) is 5.62. The molecule has 0 radical (unpaired) electrons. The second-order valence-corrected chi connectivity index (χ2v) is 7.70. The molecule has 1 aliphatic rings. The number of nitrogens with one attached hydrogen (secondary N) is 1. The Bertz CT molecular complexity index is 988. The van der Waals surface area contributed by atoms with Crippen molar-refractivity contribution in [3.63, 3.8) is 0 Å². The summed E-state index contributed by atoms with van der Waals surface area (Å²) in [6.45, 7) is 3.91. The zero-order valence-electron chi connectivity index (χ0n) is 15.9. The van der Waals surface area contributed by atoms with Crippen molar-refractivity contribution in [3.8, 4) is 0 Å². The number of halogens is 2. The highest BCUT2D eigenvalue weighted by atomic mass is 35.5. The van der Waals surface area contributed by atoms with Gasteiger partial charge in [-0.15, -0.1) is 0 Å². The molecule has 1 saturated heterocycles. The maximum atomic E-state index is 6.39. The summed E-state index contributed by atoms with van der Waals surface area (Å²) >= 11 is 12.4. The van der Waals surface area contributed by atoms with E-state index in [0.717, 1.165) is 48.3 Å². The third-order valence-electron chi connectivity index (χ3n) is 5.02. The number of hydrogen-bond acceptors (Lipinski definition) is 6. The van der Waals surface area contributed by atoms with Crippen LogP contribution < -0.4 is 20.9 Å². The molecule has 3 aromatic rings. The van der Waals surface area contributed by atoms with E-state index < -0.39 is 0 Å². The Morgan fingerprint density at radius 2 is 1.69 bits per heavy atom. The standard InChI is InChI=1S/C21H22Cl2N6/c22-16-5-3-6-17(12-16)28-8-10-29(11-9-28)21-19(24)20(26-14-27-21)25-13-15-4-1-2-7-18(15)23/h1-7,12,14H,8-11,13,24H2,(H,25,26,27). The summed E-state index contributed by atoms with van der Waals surface area (Å²) < 4.78 is 0. The van der Waals surface area contributed by atoms with E-state index in [2.05, 4.69) is 31.2 Å². The summed E-state index contributed by atoms with van der Waals surface area (Å²) in [7, 11) is 0. The van der Waals surface area contributed by atoms with Gasteiger partial charge in [-0.3, -0.25) is 0 Å². The zero-order valence-corrected chi connectivity index (χ0v) is 17.4. The molecule has 6 nitrogen and oxygen atoms in total. The lowest BCUT2D eigenvalue weighted by Gasteiger charge is -2.37. The van der Waals surface area contributed by atoms with E-state index in [4.69, 9.17) is 28.9 Å². The van der Waals surface area contributed by atoms with Crippen molar-refractivity contribution in [1.82, 2.24) is 9.97 Å². The Morgan fingerprint density at radius 1 is 0.931 bits per heavy atom. The fourth-order valence-electron chi connectivity index (χ4n) is 3.45. The van der Waals surface area contributed by atoms with Crippen molar-refractivity contribution in [2.24, 2.45) is 0 Å². The smallest absolute Gasteiger partial charge is 0.157 e. The molecule has 0 aliphatic carbocycles. The van der Waals surface area contributed by atoms with Crippen LogP contribution in [0.2, 0.25) is 10.0 Å². The van der Waals surface area contributed by atoms with Gasteiger partial charge in [0.25, 0.3) is 0 Å². The number of nitrogen functional groups attached to an aromatic ring is 1. The van der Waals surface area contributed by atoms with Crippen LogP contribution in [-0.2, 0) is 6.54 Å². The topological polar surface area (TPSA) is 70.3 Å². The zero-order chi connectivity index (χ0) is 20.2. The average molecular weight is 429 g/mol. The minimum atomic E-state index is 0.545. The summed E-state index contributed by atoms with van der Waals surface area (Å²) in [4.78, 5) is 13.2. The first-order valence-corrected chi connectivity index (χ1v) is 10.2. The Balaban J connectivity index is 1.43. The van der Waals surface area contributed by atoms with Gasteiger partial charge in [0.15, 0.2) is 11.6 Å². The van der Waals surface area contributed by atoms with Crippen LogP contribution in [0.5, 0.6) is 0 Å². The van der Waals surface area contributed by atoms with Crippen molar-refractivity contribution >= 4 is 46.2 Å². The highest BCUT2D eigenvalue weighted by Crippen LogP contribution is 2.29. The number of nitrogens with zero attached hydrogens (tertiary/aromatic N) is 4. The van der Waals surface area contributed by atoms with Crippen LogP contribution in [-0.4, -0.2) is 36.1 Å². The second kappa shape index (κ2) is 8.76. The lowest BCUT2D eigenvalue weighted by atomic mass is 10.2. The summed E-state index contributed by atoms with van der Waals surface area (Å²) in [5.41, 5.74) is 9.06. The van der Waals surface area contributed by atoms with E-state index in [1.54, 1.807) is 6.33 Å². The van der Waals surface area contributed by atoms with Crippen LogP contribution in [0.3, 0.4) is 0 Å². The summed E-state index contributed by atoms with van der Waals surface area (Å²) in [5, 5.41) is 4.74. The van der Waals surface area contributed by atoms with Gasteiger partial charge in [-0.2, -0.15) is 0 Å². The molecule has 0 unspecified atom stereocenters. The van der Waals surface area contributed by atoms with E-state index in [-0.39, 0.29) is 0 Å². The molecule has 2 heterocycles. The van der Waals surface area contributed by atoms with E-state index in [1.807, 2.05) is 42.5 Å². The maximum absolute atomic E-state index is 6.39. The first-order chi connectivity index (χ1) is 14.1. The molecule has 0 spiro atoms. The number of hydrogen-bond donors (Lipinski definition) is 2. The Labute approximate surface area is 180 Å². The van der Waals surface area contributed by atoms with Crippen molar-refractivity contribution in [3.05, 3.63) is 70.5 Å². The normalized spacial score (nSPS) is 14.1. The van der Waals surface area contributed by atoms with Crippen LogP contribution >= 0.6 is 23.2 Å². The number of benzene rings is 2. The quantitative estimate of drug-likeness (QED) is 0.630.